The third-order valence-corrected chi connectivity index (χ3v) is 5.36. The van der Waals surface area contributed by atoms with Crippen LogP contribution in [0.5, 0.6) is 0 Å². The van der Waals surface area contributed by atoms with Crippen LogP contribution in [0.25, 0.3) is 0 Å². The monoisotopic (exact) mass is 295 g/mol. The Bertz CT molecular complexity index is 337. The normalized spacial score (nSPS) is 33.7. The highest BCUT2D eigenvalue weighted by atomic mass is 16.2. The minimum atomic E-state index is 0.318. The lowest BCUT2D eigenvalue weighted by molar-refractivity contribution is -0.135. The quantitative estimate of drug-likeness (QED) is 0.843. The summed E-state index contributed by atoms with van der Waals surface area (Å²) in [5, 5.41) is 0. The Balaban J connectivity index is 1.93. The molecule has 21 heavy (non-hydrogen) atoms. The molecule has 2 fully saturated rings. The highest BCUT2D eigenvalue weighted by molar-refractivity contribution is 5.78. The SMILES string of the molecule is CCN(CC(=O)N1CC(C)CC(C)C1)C1CCCC1CN. The lowest BCUT2D eigenvalue weighted by Crippen LogP contribution is -2.50. The summed E-state index contributed by atoms with van der Waals surface area (Å²) < 4.78 is 0. The summed E-state index contributed by atoms with van der Waals surface area (Å²) in [5.74, 6) is 2.17. The molecule has 1 aliphatic heterocycles. The first-order valence-electron chi connectivity index (χ1n) is 8.77. The largest absolute Gasteiger partial charge is 0.341 e. The highest BCUT2D eigenvalue weighted by Gasteiger charge is 2.33. The molecule has 4 unspecified atom stereocenters. The van der Waals surface area contributed by atoms with Gasteiger partial charge in [0, 0.05) is 19.1 Å². The van der Waals surface area contributed by atoms with E-state index in [0.717, 1.165) is 26.2 Å². The van der Waals surface area contributed by atoms with Crippen molar-refractivity contribution in [3.8, 4) is 0 Å². The number of nitrogens with two attached hydrogens (primary N) is 1. The molecule has 4 atom stereocenters. The van der Waals surface area contributed by atoms with Crippen LogP contribution in [0.3, 0.4) is 0 Å². The van der Waals surface area contributed by atoms with E-state index >= 15 is 0 Å². The fourth-order valence-electron chi connectivity index (χ4n) is 4.38. The molecule has 4 heteroatoms. The maximum atomic E-state index is 12.7. The van der Waals surface area contributed by atoms with Gasteiger partial charge < -0.3 is 10.6 Å². The van der Waals surface area contributed by atoms with E-state index in [1.807, 2.05) is 0 Å². The summed E-state index contributed by atoms with van der Waals surface area (Å²) in [5.41, 5.74) is 5.90. The van der Waals surface area contributed by atoms with Gasteiger partial charge >= 0.3 is 0 Å². The number of nitrogens with zero attached hydrogens (tertiary/aromatic N) is 2. The van der Waals surface area contributed by atoms with E-state index in [-0.39, 0.29) is 0 Å². The van der Waals surface area contributed by atoms with Gasteiger partial charge in [0.1, 0.15) is 0 Å². The van der Waals surface area contributed by atoms with E-state index in [2.05, 4.69) is 30.6 Å². The van der Waals surface area contributed by atoms with Crippen molar-refractivity contribution in [3.63, 3.8) is 0 Å². The van der Waals surface area contributed by atoms with Crippen molar-refractivity contribution in [1.29, 1.82) is 0 Å². The topological polar surface area (TPSA) is 49.6 Å². The molecular weight excluding hydrogens is 262 g/mol. The van der Waals surface area contributed by atoms with E-state index in [4.69, 9.17) is 5.73 Å². The van der Waals surface area contributed by atoms with Gasteiger partial charge in [-0.05, 0) is 50.1 Å². The van der Waals surface area contributed by atoms with E-state index in [0.29, 0.717) is 36.2 Å². The average Bonchev–Trinajstić information content (AvgIpc) is 2.91. The van der Waals surface area contributed by atoms with Gasteiger partial charge in [0.2, 0.25) is 5.91 Å². The lowest BCUT2D eigenvalue weighted by Gasteiger charge is -2.38. The number of piperidine rings is 1. The number of carbonyl (C=O) groups is 1. The van der Waals surface area contributed by atoms with Crippen molar-refractivity contribution < 1.29 is 4.79 Å². The third kappa shape index (κ3) is 4.19. The molecule has 122 valence electrons. The third-order valence-electron chi connectivity index (χ3n) is 5.36. The maximum absolute atomic E-state index is 12.7. The van der Waals surface area contributed by atoms with Crippen molar-refractivity contribution >= 4 is 5.91 Å². The molecule has 2 aliphatic rings. The molecule has 0 aromatic heterocycles. The molecule has 1 saturated carbocycles. The second-order valence-corrected chi connectivity index (χ2v) is 7.30. The number of carbonyl (C=O) groups excluding carboxylic acids is 1. The summed E-state index contributed by atoms with van der Waals surface area (Å²) >= 11 is 0. The van der Waals surface area contributed by atoms with Gasteiger partial charge in [0.15, 0.2) is 0 Å². The second-order valence-electron chi connectivity index (χ2n) is 7.30. The van der Waals surface area contributed by atoms with Gasteiger partial charge in [-0.15, -0.1) is 0 Å². The van der Waals surface area contributed by atoms with E-state index in [1.54, 1.807) is 0 Å². The van der Waals surface area contributed by atoms with Crippen molar-refractivity contribution in [2.24, 2.45) is 23.5 Å². The van der Waals surface area contributed by atoms with Gasteiger partial charge in [-0.25, -0.2) is 0 Å². The van der Waals surface area contributed by atoms with Crippen molar-refractivity contribution in [2.75, 3.05) is 32.7 Å². The Labute approximate surface area is 130 Å². The predicted molar refractivity (Wildman–Crippen MR) is 87.0 cm³/mol. The molecule has 0 bridgehead atoms. The molecular formula is C17H33N3O. The molecule has 0 radical (unpaired) electrons. The van der Waals surface area contributed by atoms with Crippen LogP contribution in [0.2, 0.25) is 0 Å². The standard InChI is InChI=1S/C17H33N3O/c1-4-19(16-7-5-6-15(16)9-18)12-17(21)20-10-13(2)8-14(3)11-20/h13-16H,4-12,18H2,1-3H3. The molecule has 1 aliphatic carbocycles. The Morgan fingerprint density at radius 3 is 2.48 bits per heavy atom. The minimum absolute atomic E-state index is 0.318. The maximum Gasteiger partial charge on any atom is 0.236 e. The zero-order valence-electron chi connectivity index (χ0n) is 14.1. The number of rotatable bonds is 5. The van der Waals surface area contributed by atoms with Gasteiger partial charge in [0.05, 0.1) is 6.54 Å². The molecule has 2 rings (SSSR count). The highest BCUT2D eigenvalue weighted by Crippen LogP contribution is 2.29. The summed E-state index contributed by atoms with van der Waals surface area (Å²) in [6, 6.07) is 0.517. The number of hydrogen-bond donors (Lipinski definition) is 1. The van der Waals surface area contributed by atoms with Crippen molar-refractivity contribution in [2.45, 2.75) is 52.5 Å². The molecule has 1 saturated heterocycles. The Morgan fingerprint density at radius 2 is 1.90 bits per heavy atom. The van der Waals surface area contributed by atoms with Crippen LogP contribution in [-0.2, 0) is 4.79 Å². The van der Waals surface area contributed by atoms with E-state index < -0.39 is 0 Å². The predicted octanol–water partition coefficient (Wildman–Crippen LogP) is 1.94. The van der Waals surface area contributed by atoms with Crippen LogP contribution in [0.1, 0.15) is 46.5 Å². The zero-order valence-corrected chi connectivity index (χ0v) is 14.1. The van der Waals surface area contributed by atoms with E-state index in [9.17, 15) is 4.79 Å². The average molecular weight is 295 g/mol. The smallest absolute Gasteiger partial charge is 0.236 e. The fourth-order valence-corrected chi connectivity index (χ4v) is 4.38. The van der Waals surface area contributed by atoms with E-state index in [1.165, 1.54) is 25.7 Å². The van der Waals surface area contributed by atoms with Crippen molar-refractivity contribution in [1.82, 2.24) is 9.80 Å². The lowest BCUT2D eigenvalue weighted by atomic mass is 9.92. The minimum Gasteiger partial charge on any atom is -0.341 e. The number of amides is 1. The van der Waals surface area contributed by atoms with Crippen LogP contribution in [-0.4, -0.2) is 54.5 Å². The van der Waals surface area contributed by atoms with Crippen molar-refractivity contribution in [3.05, 3.63) is 0 Å². The molecule has 1 heterocycles. The first kappa shape index (κ1) is 16.8. The first-order valence-corrected chi connectivity index (χ1v) is 8.77. The molecule has 2 N–H and O–H groups in total. The van der Waals surface area contributed by atoms with Crippen LogP contribution in [0, 0.1) is 17.8 Å². The summed E-state index contributed by atoms with van der Waals surface area (Å²) in [7, 11) is 0. The summed E-state index contributed by atoms with van der Waals surface area (Å²) in [4.78, 5) is 17.1. The summed E-state index contributed by atoms with van der Waals surface area (Å²) in [6.07, 6.45) is 4.94. The Kier molecular flexibility index (Phi) is 6.06. The molecule has 1 amide bonds. The molecule has 0 spiro atoms. The molecule has 0 aromatic rings. The number of hydrogen-bond acceptors (Lipinski definition) is 3. The van der Waals surface area contributed by atoms with Gasteiger partial charge in [-0.3, -0.25) is 9.69 Å². The first-order chi connectivity index (χ1) is 10.0. The molecule has 0 aromatic carbocycles. The second kappa shape index (κ2) is 7.59. The Hall–Kier alpha value is -0.610. The number of likely N-dealkylation sites (tertiary alicyclic amines) is 1. The molecule has 4 nitrogen and oxygen atoms in total. The number of likely N-dealkylation sites (N-methyl/N-ethyl adjacent to an activating group) is 1. The van der Waals surface area contributed by atoms with Crippen LogP contribution < -0.4 is 5.73 Å². The fraction of sp³-hybridized carbons (Fsp3) is 0.941. The van der Waals surface area contributed by atoms with Crippen LogP contribution >= 0.6 is 0 Å². The Morgan fingerprint density at radius 1 is 1.24 bits per heavy atom. The zero-order chi connectivity index (χ0) is 15.4. The van der Waals surface area contributed by atoms with Gasteiger partial charge in [-0.2, -0.15) is 0 Å². The van der Waals surface area contributed by atoms with Gasteiger partial charge in [-0.1, -0.05) is 27.2 Å². The van der Waals surface area contributed by atoms with Gasteiger partial charge in [0.25, 0.3) is 0 Å². The summed E-state index contributed by atoms with van der Waals surface area (Å²) in [6.45, 7) is 10.8. The van der Waals surface area contributed by atoms with Crippen LogP contribution in [0.4, 0.5) is 0 Å². The van der Waals surface area contributed by atoms with Crippen LogP contribution in [0.15, 0.2) is 0 Å².